The van der Waals surface area contributed by atoms with Crippen molar-refractivity contribution in [3.05, 3.63) is 0 Å². The molecule has 0 spiro atoms. The third-order valence-electron chi connectivity index (χ3n) is 2.43. The highest BCUT2D eigenvalue weighted by atomic mass is 16.1. The lowest BCUT2D eigenvalue weighted by molar-refractivity contribution is -0.120. The van der Waals surface area contributed by atoms with E-state index in [0.717, 1.165) is 6.54 Å². The second kappa shape index (κ2) is 6.80. The molecule has 0 aliphatic carbocycles. The Hall–Kier alpha value is -0.610. The fourth-order valence-electron chi connectivity index (χ4n) is 1.57. The maximum absolute atomic E-state index is 11.2. The fourth-order valence-corrected chi connectivity index (χ4v) is 1.57. The molecule has 1 amide bonds. The average molecular weight is 215 g/mol. The second-order valence-electron chi connectivity index (χ2n) is 4.46. The molecule has 0 aromatic rings. The summed E-state index contributed by atoms with van der Waals surface area (Å²) in [7, 11) is 0. The summed E-state index contributed by atoms with van der Waals surface area (Å²) in [4.78, 5) is 13.5. The zero-order chi connectivity index (χ0) is 12.0. The molecule has 3 N–H and O–H groups in total. The van der Waals surface area contributed by atoms with Crippen LogP contribution in [0, 0.1) is 0 Å². The quantitative estimate of drug-likeness (QED) is 0.653. The lowest BCUT2D eigenvalue weighted by Gasteiger charge is -2.29. The molecule has 0 radical (unpaired) electrons. The molecule has 0 aliphatic heterocycles. The normalized spacial score (nSPS) is 13.9. The third kappa shape index (κ3) is 5.74. The van der Waals surface area contributed by atoms with E-state index in [4.69, 9.17) is 5.73 Å². The Morgan fingerprint density at radius 3 is 2.13 bits per heavy atom. The number of amides is 1. The number of likely N-dealkylation sites (N-methyl/N-ethyl adjacent to an activating group) is 1. The van der Waals surface area contributed by atoms with E-state index in [1.54, 1.807) is 0 Å². The van der Waals surface area contributed by atoms with Crippen LogP contribution in [0.5, 0.6) is 0 Å². The molecule has 90 valence electrons. The molecule has 1 unspecified atom stereocenters. The smallest absolute Gasteiger partial charge is 0.235 e. The van der Waals surface area contributed by atoms with Gasteiger partial charge >= 0.3 is 0 Å². The summed E-state index contributed by atoms with van der Waals surface area (Å²) in [5.74, 6) is -0.275. The predicted molar refractivity (Wildman–Crippen MR) is 63.6 cm³/mol. The van der Waals surface area contributed by atoms with Crippen LogP contribution in [0.1, 0.15) is 34.6 Å². The van der Waals surface area contributed by atoms with Gasteiger partial charge in [-0.3, -0.25) is 9.69 Å². The van der Waals surface area contributed by atoms with Crippen LogP contribution in [0.2, 0.25) is 0 Å². The van der Waals surface area contributed by atoms with Crippen molar-refractivity contribution < 1.29 is 4.79 Å². The number of nitrogens with two attached hydrogens (primary N) is 1. The van der Waals surface area contributed by atoms with Crippen LogP contribution in [-0.4, -0.2) is 42.0 Å². The number of primary amides is 1. The Balaban J connectivity index is 4.32. The summed E-state index contributed by atoms with van der Waals surface area (Å²) in [5.41, 5.74) is 5.36. The monoisotopic (exact) mass is 215 g/mol. The predicted octanol–water partition coefficient (Wildman–Crippen LogP) is 0.569. The van der Waals surface area contributed by atoms with Crippen LogP contribution in [0.15, 0.2) is 0 Å². The highest BCUT2D eigenvalue weighted by molar-refractivity contribution is 5.80. The van der Waals surface area contributed by atoms with Crippen LogP contribution in [-0.2, 0) is 4.79 Å². The van der Waals surface area contributed by atoms with Crippen molar-refractivity contribution in [1.29, 1.82) is 0 Å². The molecule has 0 bridgehead atoms. The minimum Gasteiger partial charge on any atom is -0.368 e. The summed E-state index contributed by atoms with van der Waals surface area (Å²) in [6, 6.07) is 0.450. The maximum Gasteiger partial charge on any atom is 0.235 e. The highest BCUT2D eigenvalue weighted by Crippen LogP contribution is 2.00. The molecule has 0 aromatic carbocycles. The first kappa shape index (κ1) is 14.4. The first-order valence-electron chi connectivity index (χ1n) is 5.67. The molecule has 0 heterocycles. The van der Waals surface area contributed by atoms with Gasteiger partial charge < -0.3 is 11.1 Å². The standard InChI is InChI=1S/C11H25N3O/c1-6-14(9(4)5)7-10(11(12)15)13-8(2)3/h8-10,13H,6-7H2,1-5H3,(H2,12,15). The Morgan fingerprint density at radius 2 is 1.87 bits per heavy atom. The van der Waals surface area contributed by atoms with Gasteiger partial charge in [-0.05, 0) is 20.4 Å². The Bertz CT molecular complexity index is 192. The summed E-state index contributed by atoms with van der Waals surface area (Å²) in [5, 5.41) is 3.18. The number of hydrogen-bond donors (Lipinski definition) is 2. The van der Waals surface area contributed by atoms with E-state index in [2.05, 4.69) is 31.0 Å². The van der Waals surface area contributed by atoms with Crippen LogP contribution in [0.25, 0.3) is 0 Å². The first-order valence-corrected chi connectivity index (χ1v) is 5.67. The molecule has 4 heteroatoms. The van der Waals surface area contributed by atoms with E-state index in [1.807, 2.05) is 13.8 Å². The van der Waals surface area contributed by atoms with Gasteiger partial charge in [0.15, 0.2) is 0 Å². The van der Waals surface area contributed by atoms with Gasteiger partial charge in [-0.25, -0.2) is 0 Å². The van der Waals surface area contributed by atoms with E-state index >= 15 is 0 Å². The first-order chi connectivity index (χ1) is 6.88. The third-order valence-corrected chi connectivity index (χ3v) is 2.43. The molecular formula is C11H25N3O. The van der Waals surface area contributed by atoms with Crippen molar-refractivity contribution in [3.8, 4) is 0 Å². The van der Waals surface area contributed by atoms with Gasteiger partial charge in [-0.15, -0.1) is 0 Å². The van der Waals surface area contributed by atoms with Crippen LogP contribution in [0.4, 0.5) is 0 Å². The van der Waals surface area contributed by atoms with Crippen molar-refractivity contribution in [2.75, 3.05) is 13.1 Å². The number of nitrogens with zero attached hydrogens (tertiary/aromatic N) is 1. The Morgan fingerprint density at radius 1 is 1.33 bits per heavy atom. The van der Waals surface area contributed by atoms with Crippen LogP contribution < -0.4 is 11.1 Å². The van der Waals surface area contributed by atoms with Crippen molar-refractivity contribution in [1.82, 2.24) is 10.2 Å². The van der Waals surface area contributed by atoms with Crippen molar-refractivity contribution in [3.63, 3.8) is 0 Å². The van der Waals surface area contributed by atoms with E-state index < -0.39 is 0 Å². The molecule has 1 atom stereocenters. The van der Waals surface area contributed by atoms with Crippen molar-refractivity contribution in [2.24, 2.45) is 5.73 Å². The molecule has 0 fully saturated rings. The van der Waals surface area contributed by atoms with Gasteiger partial charge in [0.1, 0.15) is 0 Å². The van der Waals surface area contributed by atoms with E-state index in [-0.39, 0.29) is 18.0 Å². The topological polar surface area (TPSA) is 58.4 Å². The summed E-state index contributed by atoms with van der Waals surface area (Å²) >= 11 is 0. The van der Waals surface area contributed by atoms with Gasteiger partial charge in [0, 0.05) is 18.6 Å². The average Bonchev–Trinajstić information content (AvgIpc) is 2.10. The Kier molecular flexibility index (Phi) is 6.52. The molecular weight excluding hydrogens is 190 g/mol. The zero-order valence-corrected chi connectivity index (χ0v) is 10.6. The summed E-state index contributed by atoms with van der Waals surface area (Å²) in [6.45, 7) is 12.0. The highest BCUT2D eigenvalue weighted by Gasteiger charge is 2.20. The van der Waals surface area contributed by atoms with Gasteiger partial charge in [0.2, 0.25) is 5.91 Å². The Labute approximate surface area is 93.2 Å². The fraction of sp³-hybridized carbons (Fsp3) is 0.909. The molecule has 4 nitrogen and oxygen atoms in total. The number of carbonyl (C=O) groups excluding carboxylic acids is 1. The number of rotatable bonds is 7. The van der Waals surface area contributed by atoms with Crippen molar-refractivity contribution in [2.45, 2.75) is 52.7 Å². The van der Waals surface area contributed by atoms with Gasteiger partial charge in [0.05, 0.1) is 6.04 Å². The molecule has 0 aliphatic rings. The number of nitrogens with one attached hydrogen (secondary N) is 1. The van der Waals surface area contributed by atoms with Gasteiger partial charge in [-0.2, -0.15) is 0 Å². The van der Waals surface area contributed by atoms with Gasteiger partial charge in [0.25, 0.3) is 0 Å². The molecule has 0 rings (SSSR count). The summed E-state index contributed by atoms with van der Waals surface area (Å²) < 4.78 is 0. The minimum atomic E-state index is -0.275. The van der Waals surface area contributed by atoms with Crippen LogP contribution >= 0.6 is 0 Å². The van der Waals surface area contributed by atoms with E-state index in [9.17, 15) is 4.79 Å². The van der Waals surface area contributed by atoms with Crippen LogP contribution in [0.3, 0.4) is 0 Å². The van der Waals surface area contributed by atoms with Gasteiger partial charge in [-0.1, -0.05) is 20.8 Å². The summed E-state index contributed by atoms with van der Waals surface area (Å²) in [6.07, 6.45) is 0. The lowest BCUT2D eigenvalue weighted by atomic mass is 10.2. The molecule has 0 saturated carbocycles. The second-order valence-corrected chi connectivity index (χ2v) is 4.46. The molecule has 0 saturated heterocycles. The number of hydrogen-bond acceptors (Lipinski definition) is 3. The van der Waals surface area contributed by atoms with Crippen molar-refractivity contribution >= 4 is 5.91 Å². The maximum atomic E-state index is 11.2. The van der Waals surface area contributed by atoms with E-state index in [0.29, 0.717) is 12.6 Å². The molecule has 15 heavy (non-hydrogen) atoms. The molecule has 0 aromatic heterocycles. The zero-order valence-electron chi connectivity index (χ0n) is 10.6. The largest absolute Gasteiger partial charge is 0.368 e. The number of carbonyl (C=O) groups is 1. The minimum absolute atomic E-state index is 0.257. The van der Waals surface area contributed by atoms with E-state index in [1.165, 1.54) is 0 Å². The lowest BCUT2D eigenvalue weighted by Crippen LogP contribution is -2.52. The SMILES string of the molecule is CCN(CC(NC(C)C)C(N)=O)C(C)C.